The molecule has 1 aromatic heterocycles. The van der Waals surface area contributed by atoms with Crippen LogP contribution in [0, 0.1) is 6.92 Å². The Bertz CT molecular complexity index is 927. The Balaban J connectivity index is 1.88. The van der Waals surface area contributed by atoms with E-state index in [1.807, 2.05) is 61.7 Å². The number of nitrogens with two attached hydrogens (primary N) is 1. The number of aromatic nitrogens is 2. The van der Waals surface area contributed by atoms with Gasteiger partial charge in [-0.25, -0.2) is 4.98 Å². The summed E-state index contributed by atoms with van der Waals surface area (Å²) in [5, 5.41) is 6.28. The average Bonchev–Trinajstić information content (AvgIpc) is 2.62. The maximum absolute atomic E-state index is 11.7. The van der Waals surface area contributed by atoms with E-state index in [1.54, 1.807) is 11.8 Å². The van der Waals surface area contributed by atoms with E-state index in [0.717, 1.165) is 16.9 Å². The second-order valence-electron chi connectivity index (χ2n) is 5.67. The van der Waals surface area contributed by atoms with Gasteiger partial charge in [-0.15, -0.1) is 11.8 Å². The molecule has 0 bridgehead atoms. The van der Waals surface area contributed by atoms with Gasteiger partial charge in [-0.3, -0.25) is 4.79 Å². The summed E-state index contributed by atoms with van der Waals surface area (Å²) >= 11 is 1.67. The maximum Gasteiger partial charge on any atom is 0.254 e. The predicted molar refractivity (Wildman–Crippen MR) is 107 cm³/mol. The molecule has 6 nitrogen and oxygen atoms in total. The molecule has 0 radical (unpaired) electrons. The fourth-order valence-corrected chi connectivity index (χ4v) is 2.79. The lowest BCUT2D eigenvalue weighted by atomic mass is 10.2. The fraction of sp³-hybridized carbons (Fsp3) is 0.105. The highest BCUT2D eigenvalue weighted by Gasteiger charge is 2.13. The summed E-state index contributed by atoms with van der Waals surface area (Å²) in [4.78, 5) is 21.5. The lowest BCUT2D eigenvalue weighted by molar-refractivity contribution is 0.100. The van der Waals surface area contributed by atoms with Gasteiger partial charge in [-0.05, 0) is 55.1 Å². The first-order chi connectivity index (χ1) is 12.5. The lowest BCUT2D eigenvalue weighted by Gasteiger charge is -2.12. The van der Waals surface area contributed by atoms with Crippen LogP contribution in [0.3, 0.4) is 0 Å². The van der Waals surface area contributed by atoms with Crippen LogP contribution in [0.2, 0.25) is 0 Å². The van der Waals surface area contributed by atoms with Crippen LogP contribution in [-0.4, -0.2) is 22.1 Å². The van der Waals surface area contributed by atoms with Crippen molar-refractivity contribution in [1.82, 2.24) is 9.97 Å². The van der Waals surface area contributed by atoms with Crippen molar-refractivity contribution in [2.45, 2.75) is 11.8 Å². The predicted octanol–water partition coefficient (Wildman–Crippen LogP) is 4.09. The van der Waals surface area contributed by atoms with E-state index in [4.69, 9.17) is 5.73 Å². The number of hydrogen-bond acceptors (Lipinski definition) is 6. The van der Waals surface area contributed by atoms with Gasteiger partial charge in [0.05, 0.1) is 0 Å². The number of primary amides is 1. The Morgan fingerprint density at radius 2 is 1.85 bits per heavy atom. The van der Waals surface area contributed by atoms with Crippen LogP contribution in [0.15, 0.2) is 59.6 Å². The molecule has 0 aliphatic rings. The quantitative estimate of drug-likeness (QED) is 0.570. The number of amides is 1. The molecule has 7 heteroatoms. The topological polar surface area (TPSA) is 92.9 Å². The smallest absolute Gasteiger partial charge is 0.254 e. The number of anilines is 4. The molecule has 1 amide bonds. The lowest BCUT2D eigenvalue weighted by Crippen LogP contribution is -2.15. The van der Waals surface area contributed by atoms with E-state index in [2.05, 4.69) is 20.6 Å². The summed E-state index contributed by atoms with van der Waals surface area (Å²) in [5.41, 5.74) is 8.46. The first-order valence-electron chi connectivity index (χ1n) is 7.97. The molecular formula is C19H19N5OS. The van der Waals surface area contributed by atoms with Crippen molar-refractivity contribution in [3.63, 3.8) is 0 Å². The van der Waals surface area contributed by atoms with E-state index in [9.17, 15) is 4.79 Å². The highest BCUT2D eigenvalue weighted by Crippen LogP contribution is 2.23. The molecule has 0 fully saturated rings. The zero-order chi connectivity index (χ0) is 18.5. The molecule has 0 saturated carbocycles. The Morgan fingerprint density at radius 3 is 2.50 bits per heavy atom. The maximum atomic E-state index is 11.7. The molecule has 0 saturated heterocycles. The van der Waals surface area contributed by atoms with E-state index in [1.165, 1.54) is 11.1 Å². The number of benzene rings is 2. The van der Waals surface area contributed by atoms with Gasteiger partial charge in [0.2, 0.25) is 5.95 Å². The highest BCUT2D eigenvalue weighted by molar-refractivity contribution is 7.98. The molecule has 2 aromatic carbocycles. The molecule has 0 unspecified atom stereocenters. The zero-order valence-corrected chi connectivity index (χ0v) is 15.3. The van der Waals surface area contributed by atoms with Crippen LogP contribution < -0.4 is 16.4 Å². The summed E-state index contributed by atoms with van der Waals surface area (Å²) in [6.45, 7) is 1.99. The number of nitrogens with zero attached hydrogens (tertiary/aromatic N) is 2. The molecule has 3 rings (SSSR count). The summed E-state index contributed by atoms with van der Waals surface area (Å²) in [6.07, 6.45) is 3.45. The first kappa shape index (κ1) is 17.8. The van der Waals surface area contributed by atoms with Crippen LogP contribution in [0.5, 0.6) is 0 Å². The molecule has 0 aliphatic heterocycles. The third-order valence-corrected chi connectivity index (χ3v) is 4.42. The van der Waals surface area contributed by atoms with Gasteiger partial charge in [0.15, 0.2) is 0 Å². The van der Waals surface area contributed by atoms with E-state index in [0.29, 0.717) is 11.8 Å². The van der Waals surface area contributed by atoms with Crippen molar-refractivity contribution < 1.29 is 4.79 Å². The monoisotopic (exact) mass is 365 g/mol. The third kappa shape index (κ3) is 4.31. The summed E-state index contributed by atoms with van der Waals surface area (Å²) < 4.78 is 0. The number of nitrogens with one attached hydrogen (secondary N) is 2. The zero-order valence-electron chi connectivity index (χ0n) is 14.5. The molecule has 3 aromatic rings. The van der Waals surface area contributed by atoms with Crippen LogP contribution in [-0.2, 0) is 0 Å². The minimum atomic E-state index is -0.587. The average molecular weight is 365 g/mol. The molecule has 4 N–H and O–H groups in total. The number of rotatable bonds is 6. The third-order valence-electron chi connectivity index (χ3n) is 3.68. The Labute approximate surface area is 156 Å². The van der Waals surface area contributed by atoms with Crippen LogP contribution >= 0.6 is 11.8 Å². The summed E-state index contributed by atoms with van der Waals surface area (Å²) in [7, 11) is 0. The molecule has 0 atom stereocenters. The standard InChI is InChI=1S/C19H19N5OS/c1-12-4-3-5-14(10-12)22-18-16(17(20)25)11-21-19(24-18)23-13-6-8-15(26-2)9-7-13/h3-11H,1-2H3,(H2,20,25)(H2,21,22,23,24). The van der Waals surface area contributed by atoms with Crippen LogP contribution in [0.1, 0.15) is 15.9 Å². The van der Waals surface area contributed by atoms with Crippen LogP contribution in [0.4, 0.5) is 23.1 Å². The SMILES string of the molecule is CSc1ccc(Nc2ncc(C(N)=O)c(Nc3cccc(C)c3)n2)cc1. The highest BCUT2D eigenvalue weighted by atomic mass is 32.2. The Hall–Kier alpha value is -3.06. The molecule has 132 valence electrons. The largest absolute Gasteiger partial charge is 0.365 e. The van der Waals surface area contributed by atoms with Gasteiger partial charge in [-0.2, -0.15) is 4.98 Å². The minimum Gasteiger partial charge on any atom is -0.365 e. The fourth-order valence-electron chi connectivity index (χ4n) is 2.38. The van der Waals surface area contributed by atoms with Gasteiger partial charge in [-0.1, -0.05) is 12.1 Å². The van der Waals surface area contributed by atoms with E-state index < -0.39 is 5.91 Å². The van der Waals surface area contributed by atoms with Crippen molar-refractivity contribution in [1.29, 1.82) is 0 Å². The number of hydrogen-bond donors (Lipinski definition) is 3. The molecule has 0 aliphatic carbocycles. The second kappa shape index (κ2) is 7.88. The Morgan fingerprint density at radius 1 is 1.08 bits per heavy atom. The normalized spacial score (nSPS) is 10.4. The second-order valence-corrected chi connectivity index (χ2v) is 6.55. The van der Waals surface area contributed by atoms with E-state index >= 15 is 0 Å². The Kier molecular flexibility index (Phi) is 5.38. The van der Waals surface area contributed by atoms with Crippen molar-refractivity contribution in [3.8, 4) is 0 Å². The number of thioether (sulfide) groups is 1. The number of carbonyl (C=O) groups is 1. The molecule has 1 heterocycles. The van der Waals surface area contributed by atoms with Crippen molar-refractivity contribution >= 4 is 40.8 Å². The van der Waals surface area contributed by atoms with Gasteiger partial charge >= 0.3 is 0 Å². The van der Waals surface area contributed by atoms with Gasteiger partial charge in [0.1, 0.15) is 11.4 Å². The summed E-state index contributed by atoms with van der Waals surface area (Å²) in [6, 6.07) is 15.7. The molecule has 0 spiro atoms. The molecule has 26 heavy (non-hydrogen) atoms. The van der Waals surface area contributed by atoms with Gasteiger partial charge in [0, 0.05) is 22.5 Å². The summed E-state index contributed by atoms with van der Waals surface area (Å²) in [5.74, 6) is 0.152. The number of carbonyl (C=O) groups excluding carboxylic acids is 1. The van der Waals surface area contributed by atoms with Crippen molar-refractivity contribution in [2.75, 3.05) is 16.9 Å². The van der Waals surface area contributed by atoms with Gasteiger partial charge < -0.3 is 16.4 Å². The van der Waals surface area contributed by atoms with Gasteiger partial charge in [0.25, 0.3) is 5.91 Å². The first-order valence-corrected chi connectivity index (χ1v) is 9.19. The minimum absolute atomic E-state index is 0.231. The van der Waals surface area contributed by atoms with Crippen molar-refractivity contribution in [2.24, 2.45) is 5.73 Å². The molecular weight excluding hydrogens is 346 g/mol. The van der Waals surface area contributed by atoms with Crippen LogP contribution in [0.25, 0.3) is 0 Å². The van der Waals surface area contributed by atoms with Crippen molar-refractivity contribution in [3.05, 3.63) is 65.9 Å². The van der Waals surface area contributed by atoms with E-state index in [-0.39, 0.29) is 5.56 Å². The number of aryl methyl sites for hydroxylation is 1.